The smallest absolute Gasteiger partial charge is 0.335 e. The minimum Gasteiger partial charge on any atom is -0.481 e. The quantitative estimate of drug-likeness (QED) is 0.654. The van der Waals surface area contributed by atoms with Gasteiger partial charge in [0.1, 0.15) is 0 Å². The molecular weight excluding hydrogens is 296 g/mol. The van der Waals surface area contributed by atoms with Gasteiger partial charge in [0.25, 0.3) is 0 Å². The fraction of sp³-hybridized carbons (Fsp3) is 0.333. The summed E-state index contributed by atoms with van der Waals surface area (Å²) in [6.45, 7) is 0.130. The van der Waals surface area contributed by atoms with Crippen LogP contribution in [0.25, 0.3) is 0 Å². The molecule has 1 heterocycles. The highest BCUT2D eigenvalue weighted by atomic mass is 79.9. The largest absolute Gasteiger partial charge is 0.481 e. The number of aliphatic carboxylic acids is 1. The number of carboxylic acids is 1. The van der Waals surface area contributed by atoms with Crippen LogP contribution >= 0.6 is 15.9 Å². The number of carbonyl (C=O) groups is 1. The number of halogens is 1. The second kappa shape index (κ2) is 5.58. The van der Waals surface area contributed by atoms with Crippen molar-refractivity contribution in [3.63, 3.8) is 0 Å². The molecule has 1 rings (SSSR count). The number of pyridine rings is 1. The van der Waals surface area contributed by atoms with Gasteiger partial charge in [-0.05, 0) is 22.4 Å². The van der Waals surface area contributed by atoms with Gasteiger partial charge in [-0.1, -0.05) is 0 Å². The minimum atomic E-state index is -0.970. The summed E-state index contributed by atoms with van der Waals surface area (Å²) < 4.78 is 1.53. The lowest BCUT2D eigenvalue weighted by molar-refractivity contribution is -0.386. The number of hydrogen-bond donors (Lipinski definition) is 1. The lowest BCUT2D eigenvalue weighted by Gasteiger charge is -2.04. The first-order chi connectivity index (χ1) is 7.91. The third-order valence-electron chi connectivity index (χ3n) is 2.02. The average molecular weight is 305 g/mol. The van der Waals surface area contributed by atoms with Crippen molar-refractivity contribution in [1.82, 2.24) is 4.57 Å². The Morgan fingerprint density at radius 3 is 2.76 bits per heavy atom. The maximum absolute atomic E-state index is 11.6. The number of carboxylic acid groups (broad SMARTS) is 1. The van der Waals surface area contributed by atoms with Crippen molar-refractivity contribution >= 4 is 27.6 Å². The lowest BCUT2D eigenvalue weighted by Crippen LogP contribution is -2.22. The Morgan fingerprint density at radius 1 is 1.59 bits per heavy atom. The molecule has 0 aliphatic carbocycles. The molecule has 0 aliphatic heterocycles. The van der Waals surface area contributed by atoms with E-state index in [1.807, 2.05) is 0 Å². The van der Waals surface area contributed by atoms with Crippen molar-refractivity contribution in [2.45, 2.75) is 19.4 Å². The topological polar surface area (TPSA) is 102 Å². The van der Waals surface area contributed by atoms with Gasteiger partial charge in [0, 0.05) is 29.7 Å². The maximum Gasteiger partial charge on any atom is 0.335 e. The Balaban J connectivity index is 2.96. The predicted octanol–water partition coefficient (Wildman–Crippen LogP) is 1.38. The summed E-state index contributed by atoms with van der Waals surface area (Å²) in [6, 6.07) is 1.12. The summed E-state index contributed by atoms with van der Waals surface area (Å²) in [7, 11) is 0. The first-order valence-corrected chi connectivity index (χ1v) is 5.47. The molecule has 0 aromatic carbocycles. The second-order valence-corrected chi connectivity index (χ2v) is 4.21. The minimum absolute atomic E-state index is 0.0905. The zero-order chi connectivity index (χ0) is 13.0. The standard InChI is InChI=1S/C9H9BrN2O5/c10-6-4-7(12(16)17)9(15)11(5-6)3-1-2-8(13)14/h4-5H,1-3H2,(H,13,14). The van der Waals surface area contributed by atoms with Gasteiger partial charge in [-0.25, -0.2) is 0 Å². The van der Waals surface area contributed by atoms with Gasteiger partial charge >= 0.3 is 17.2 Å². The van der Waals surface area contributed by atoms with Crippen LogP contribution in [0.15, 0.2) is 21.5 Å². The third-order valence-corrected chi connectivity index (χ3v) is 2.45. The molecule has 0 atom stereocenters. The Kier molecular flexibility index (Phi) is 4.38. The maximum atomic E-state index is 11.6. The van der Waals surface area contributed by atoms with Gasteiger partial charge in [-0.15, -0.1) is 0 Å². The molecule has 0 amide bonds. The third kappa shape index (κ3) is 3.66. The van der Waals surface area contributed by atoms with Gasteiger partial charge in [-0.3, -0.25) is 19.7 Å². The highest BCUT2D eigenvalue weighted by Crippen LogP contribution is 2.14. The summed E-state index contributed by atoms with van der Waals surface area (Å²) in [4.78, 5) is 31.7. The summed E-state index contributed by atoms with van der Waals surface area (Å²) in [5, 5.41) is 19.0. The highest BCUT2D eigenvalue weighted by Gasteiger charge is 2.15. The first-order valence-electron chi connectivity index (χ1n) is 4.68. The fourth-order valence-corrected chi connectivity index (χ4v) is 1.75. The van der Waals surface area contributed by atoms with E-state index in [2.05, 4.69) is 15.9 Å². The molecule has 0 bridgehead atoms. The molecule has 0 aliphatic rings. The number of nitro groups is 1. The zero-order valence-corrected chi connectivity index (χ0v) is 10.2. The monoisotopic (exact) mass is 304 g/mol. The molecule has 1 aromatic rings. The fourth-order valence-electron chi connectivity index (χ4n) is 1.28. The van der Waals surface area contributed by atoms with Crippen LogP contribution in [0, 0.1) is 10.1 Å². The number of aromatic nitrogens is 1. The number of aryl methyl sites for hydroxylation is 1. The van der Waals surface area contributed by atoms with Gasteiger partial charge in [0.2, 0.25) is 0 Å². The molecule has 0 fully saturated rings. The van der Waals surface area contributed by atoms with E-state index in [9.17, 15) is 19.7 Å². The van der Waals surface area contributed by atoms with Crippen molar-refractivity contribution in [2.75, 3.05) is 0 Å². The molecular formula is C9H9BrN2O5. The van der Waals surface area contributed by atoms with E-state index < -0.39 is 22.1 Å². The normalized spacial score (nSPS) is 10.2. The van der Waals surface area contributed by atoms with Crippen molar-refractivity contribution in [2.24, 2.45) is 0 Å². The molecule has 0 spiro atoms. The van der Waals surface area contributed by atoms with Gasteiger partial charge in [0.15, 0.2) is 0 Å². The Hall–Kier alpha value is -1.70. The molecule has 0 saturated heterocycles. The van der Waals surface area contributed by atoms with Crippen LogP contribution in [0.1, 0.15) is 12.8 Å². The zero-order valence-electron chi connectivity index (χ0n) is 8.63. The summed E-state index contributed by atoms with van der Waals surface area (Å²) in [6.07, 6.45) is 1.55. The lowest BCUT2D eigenvalue weighted by atomic mass is 10.3. The first kappa shape index (κ1) is 13.4. The van der Waals surface area contributed by atoms with Crippen molar-refractivity contribution < 1.29 is 14.8 Å². The van der Waals surface area contributed by atoms with Crippen molar-refractivity contribution in [1.29, 1.82) is 0 Å². The van der Waals surface area contributed by atoms with Crippen molar-refractivity contribution in [3.8, 4) is 0 Å². The summed E-state index contributed by atoms with van der Waals surface area (Å²) in [5.74, 6) is -0.970. The van der Waals surface area contributed by atoms with Crippen LogP contribution < -0.4 is 5.56 Å². The average Bonchev–Trinajstić information content (AvgIpc) is 2.21. The summed E-state index contributed by atoms with van der Waals surface area (Å²) >= 11 is 3.06. The molecule has 92 valence electrons. The molecule has 0 radical (unpaired) electrons. The van der Waals surface area contributed by atoms with Gasteiger partial charge < -0.3 is 9.67 Å². The molecule has 0 saturated carbocycles. The predicted molar refractivity (Wildman–Crippen MR) is 61.9 cm³/mol. The number of hydrogen-bond acceptors (Lipinski definition) is 4. The highest BCUT2D eigenvalue weighted by molar-refractivity contribution is 9.10. The van der Waals surface area contributed by atoms with E-state index >= 15 is 0 Å². The van der Waals surface area contributed by atoms with E-state index in [4.69, 9.17) is 5.11 Å². The van der Waals surface area contributed by atoms with Crippen LogP contribution in [0.2, 0.25) is 0 Å². The second-order valence-electron chi connectivity index (χ2n) is 3.30. The van der Waals surface area contributed by atoms with Gasteiger partial charge in [-0.2, -0.15) is 0 Å². The SMILES string of the molecule is O=C(O)CCCn1cc(Br)cc([N+](=O)[O-])c1=O. The molecule has 7 nitrogen and oxygen atoms in total. The summed E-state index contributed by atoms with van der Waals surface area (Å²) in [5.41, 5.74) is -1.27. The van der Waals surface area contributed by atoms with E-state index in [1.54, 1.807) is 0 Å². The van der Waals surface area contributed by atoms with Crippen LogP contribution in [0.5, 0.6) is 0 Å². The Labute approximate surface area is 104 Å². The number of rotatable bonds is 5. The van der Waals surface area contributed by atoms with Crippen LogP contribution in [-0.2, 0) is 11.3 Å². The Morgan fingerprint density at radius 2 is 2.24 bits per heavy atom. The van der Waals surface area contributed by atoms with E-state index in [0.717, 1.165) is 10.6 Å². The van der Waals surface area contributed by atoms with E-state index in [-0.39, 0.29) is 19.4 Å². The van der Waals surface area contributed by atoms with E-state index in [1.165, 1.54) is 6.20 Å². The molecule has 8 heteroatoms. The molecule has 0 unspecified atom stereocenters. The van der Waals surface area contributed by atoms with Gasteiger partial charge in [0.05, 0.1) is 4.92 Å². The molecule has 1 aromatic heterocycles. The van der Waals surface area contributed by atoms with E-state index in [0.29, 0.717) is 4.47 Å². The van der Waals surface area contributed by atoms with Crippen molar-refractivity contribution in [3.05, 3.63) is 37.2 Å². The van der Waals surface area contributed by atoms with Crippen LogP contribution in [0.4, 0.5) is 5.69 Å². The Bertz CT molecular complexity index is 511. The number of nitrogens with zero attached hydrogens (tertiary/aromatic N) is 2. The van der Waals surface area contributed by atoms with Crippen LogP contribution in [-0.4, -0.2) is 20.6 Å². The molecule has 1 N–H and O–H groups in total. The van der Waals surface area contributed by atoms with Crippen LogP contribution in [0.3, 0.4) is 0 Å². The molecule has 17 heavy (non-hydrogen) atoms.